The van der Waals surface area contributed by atoms with Crippen LogP contribution in [-0.2, 0) is 0 Å². The summed E-state index contributed by atoms with van der Waals surface area (Å²) in [5, 5.41) is 11.1. The van der Waals surface area contributed by atoms with Crippen LogP contribution < -0.4 is 16.2 Å². The normalized spacial score (nSPS) is 18.3. The van der Waals surface area contributed by atoms with Gasteiger partial charge in [0, 0.05) is 12.6 Å². The van der Waals surface area contributed by atoms with E-state index in [9.17, 15) is 9.59 Å². The molecule has 0 saturated carbocycles. The fraction of sp³-hybridized carbons (Fsp3) is 0.312. The number of para-hydroxylation sites is 1. The molecule has 7 heteroatoms. The zero-order chi connectivity index (χ0) is 15.8. The Morgan fingerprint density at radius 1 is 1.35 bits per heavy atom. The number of rotatable bonds is 2. The summed E-state index contributed by atoms with van der Waals surface area (Å²) in [6.45, 7) is 1.76. The molecular weight excluding hydrogens is 294 g/mol. The number of hydrogen-bond donors (Lipinski definition) is 3. The minimum absolute atomic E-state index is 0.110. The second-order valence-electron chi connectivity index (χ2n) is 5.81. The summed E-state index contributed by atoms with van der Waals surface area (Å²) in [6, 6.07) is 7.31. The Morgan fingerprint density at radius 3 is 3.04 bits per heavy atom. The molecule has 1 aliphatic rings. The molecule has 3 aromatic rings. The summed E-state index contributed by atoms with van der Waals surface area (Å²) in [5.41, 5.74) is 1.28. The number of piperidine rings is 1. The van der Waals surface area contributed by atoms with Crippen molar-refractivity contribution < 1.29 is 4.79 Å². The highest BCUT2D eigenvalue weighted by atomic mass is 16.2. The predicted molar refractivity (Wildman–Crippen MR) is 86.7 cm³/mol. The van der Waals surface area contributed by atoms with E-state index in [1.165, 1.54) is 6.20 Å². The van der Waals surface area contributed by atoms with Gasteiger partial charge < -0.3 is 15.6 Å². The van der Waals surface area contributed by atoms with Crippen molar-refractivity contribution in [3.05, 3.63) is 46.4 Å². The maximum absolute atomic E-state index is 12.5. The Labute approximate surface area is 131 Å². The van der Waals surface area contributed by atoms with Crippen molar-refractivity contribution in [2.45, 2.75) is 18.9 Å². The Morgan fingerprint density at radius 2 is 2.22 bits per heavy atom. The minimum Gasteiger partial charge on any atom is -0.348 e. The highest BCUT2D eigenvalue weighted by Crippen LogP contribution is 2.14. The molecule has 23 heavy (non-hydrogen) atoms. The van der Waals surface area contributed by atoms with Crippen LogP contribution in [0.3, 0.4) is 0 Å². The first-order valence-corrected chi connectivity index (χ1v) is 7.74. The standard InChI is InChI=1S/C16H17N5O2/c22-15-11-5-1-2-6-13(11)21-14(20-15)12(9-18-21)16(23)19-10-4-3-7-17-8-10/h1-2,5-6,9-10,17H,3-4,7-8H2,(H,19,23)(H,20,22)/t10-/m0/s1. The fourth-order valence-corrected chi connectivity index (χ4v) is 3.08. The van der Waals surface area contributed by atoms with E-state index in [0.717, 1.165) is 25.9 Å². The lowest BCUT2D eigenvalue weighted by Crippen LogP contribution is -2.45. The van der Waals surface area contributed by atoms with Crippen LogP contribution in [0.1, 0.15) is 23.2 Å². The van der Waals surface area contributed by atoms with Crippen LogP contribution in [0.2, 0.25) is 0 Å². The molecule has 1 amide bonds. The van der Waals surface area contributed by atoms with Crippen LogP contribution in [-0.4, -0.2) is 39.6 Å². The average Bonchev–Trinajstić information content (AvgIpc) is 3.00. The van der Waals surface area contributed by atoms with Gasteiger partial charge in [0.05, 0.1) is 17.1 Å². The molecule has 4 rings (SSSR count). The first kappa shape index (κ1) is 14.0. The topological polar surface area (TPSA) is 91.3 Å². The number of carbonyl (C=O) groups is 1. The van der Waals surface area contributed by atoms with Crippen LogP contribution in [0.5, 0.6) is 0 Å². The van der Waals surface area contributed by atoms with Crippen molar-refractivity contribution in [1.82, 2.24) is 25.2 Å². The van der Waals surface area contributed by atoms with E-state index in [1.54, 1.807) is 16.6 Å². The summed E-state index contributed by atoms with van der Waals surface area (Å²) < 4.78 is 1.60. The van der Waals surface area contributed by atoms with Crippen molar-refractivity contribution in [1.29, 1.82) is 0 Å². The van der Waals surface area contributed by atoms with Gasteiger partial charge in [0.25, 0.3) is 11.5 Å². The molecule has 2 aromatic heterocycles. The first-order chi connectivity index (χ1) is 11.2. The lowest BCUT2D eigenvalue weighted by Gasteiger charge is -2.23. The van der Waals surface area contributed by atoms with E-state index >= 15 is 0 Å². The summed E-state index contributed by atoms with van der Waals surface area (Å²) in [5.74, 6) is -0.209. The first-order valence-electron chi connectivity index (χ1n) is 7.74. The van der Waals surface area contributed by atoms with Gasteiger partial charge in [0.2, 0.25) is 0 Å². The number of aromatic nitrogens is 3. The molecule has 3 N–H and O–H groups in total. The molecule has 1 saturated heterocycles. The van der Waals surface area contributed by atoms with Crippen LogP contribution in [0, 0.1) is 0 Å². The zero-order valence-electron chi connectivity index (χ0n) is 12.5. The van der Waals surface area contributed by atoms with E-state index in [0.29, 0.717) is 22.1 Å². The van der Waals surface area contributed by atoms with Gasteiger partial charge >= 0.3 is 0 Å². The molecule has 118 valence electrons. The fourth-order valence-electron chi connectivity index (χ4n) is 3.08. The number of carbonyl (C=O) groups excluding carboxylic acids is 1. The second kappa shape index (κ2) is 5.51. The molecule has 1 aliphatic heterocycles. The predicted octanol–water partition coefficient (Wildman–Crippen LogP) is 0.658. The van der Waals surface area contributed by atoms with Crippen LogP contribution in [0.4, 0.5) is 0 Å². The SMILES string of the molecule is O=C(N[C@H]1CCCNC1)c1cnn2c1[nH]c(=O)c1ccccc12. The maximum atomic E-state index is 12.5. The number of nitrogens with zero attached hydrogens (tertiary/aromatic N) is 2. The average molecular weight is 311 g/mol. The number of amides is 1. The third-order valence-electron chi connectivity index (χ3n) is 4.25. The summed E-state index contributed by atoms with van der Waals surface area (Å²) in [7, 11) is 0. The Bertz CT molecular complexity index is 936. The van der Waals surface area contributed by atoms with Gasteiger partial charge in [-0.3, -0.25) is 9.59 Å². The van der Waals surface area contributed by atoms with Crippen LogP contribution in [0.15, 0.2) is 35.3 Å². The van der Waals surface area contributed by atoms with Crippen molar-refractivity contribution in [3.8, 4) is 0 Å². The smallest absolute Gasteiger partial charge is 0.259 e. The molecule has 0 spiro atoms. The minimum atomic E-state index is -0.220. The van der Waals surface area contributed by atoms with Gasteiger partial charge in [-0.1, -0.05) is 12.1 Å². The molecule has 0 aliphatic carbocycles. The third-order valence-corrected chi connectivity index (χ3v) is 4.25. The summed E-state index contributed by atoms with van der Waals surface area (Å²) >= 11 is 0. The number of fused-ring (bicyclic) bond motifs is 3. The van der Waals surface area contributed by atoms with E-state index in [-0.39, 0.29) is 17.5 Å². The van der Waals surface area contributed by atoms with E-state index in [4.69, 9.17) is 0 Å². The molecule has 7 nitrogen and oxygen atoms in total. The van der Waals surface area contributed by atoms with Gasteiger partial charge in [-0.05, 0) is 31.5 Å². The zero-order valence-corrected chi connectivity index (χ0v) is 12.5. The van der Waals surface area contributed by atoms with Gasteiger partial charge in [0.1, 0.15) is 11.2 Å². The summed E-state index contributed by atoms with van der Waals surface area (Å²) in [6.07, 6.45) is 3.50. The molecule has 0 unspecified atom stereocenters. The number of nitrogens with one attached hydrogen (secondary N) is 3. The van der Waals surface area contributed by atoms with E-state index in [2.05, 4.69) is 20.7 Å². The molecule has 3 heterocycles. The van der Waals surface area contributed by atoms with Crippen molar-refractivity contribution >= 4 is 22.5 Å². The Kier molecular flexibility index (Phi) is 3.34. The van der Waals surface area contributed by atoms with Gasteiger partial charge in [-0.15, -0.1) is 0 Å². The third kappa shape index (κ3) is 2.39. The molecule has 1 atom stereocenters. The largest absolute Gasteiger partial charge is 0.348 e. The quantitative estimate of drug-likeness (QED) is 0.648. The molecule has 1 fully saturated rings. The number of hydrogen-bond acceptors (Lipinski definition) is 4. The van der Waals surface area contributed by atoms with Gasteiger partial charge in [-0.25, -0.2) is 4.52 Å². The highest BCUT2D eigenvalue weighted by molar-refractivity contribution is 6.00. The summed E-state index contributed by atoms with van der Waals surface area (Å²) in [4.78, 5) is 27.5. The molecule has 0 bridgehead atoms. The van der Waals surface area contributed by atoms with Gasteiger partial charge in [-0.2, -0.15) is 5.10 Å². The van der Waals surface area contributed by atoms with Crippen molar-refractivity contribution in [3.63, 3.8) is 0 Å². The molecule has 0 radical (unpaired) electrons. The maximum Gasteiger partial charge on any atom is 0.259 e. The Hall–Kier alpha value is -2.67. The van der Waals surface area contributed by atoms with Crippen LogP contribution >= 0.6 is 0 Å². The highest BCUT2D eigenvalue weighted by Gasteiger charge is 2.20. The van der Waals surface area contributed by atoms with Crippen LogP contribution in [0.25, 0.3) is 16.6 Å². The lowest BCUT2D eigenvalue weighted by atomic mass is 10.1. The van der Waals surface area contributed by atoms with E-state index in [1.807, 2.05) is 12.1 Å². The second-order valence-corrected chi connectivity index (χ2v) is 5.81. The molecular formula is C16H17N5O2. The van der Waals surface area contributed by atoms with Gasteiger partial charge in [0.15, 0.2) is 0 Å². The number of benzene rings is 1. The molecule has 1 aromatic carbocycles. The monoisotopic (exact) mass is 311 g/mol. The number of aromatic amines is 1. The van der Waals surface area contributed by atoms with Crippen molar-refractivity contribution in [2.24, 2.45) is 0 Å². The van der Waals surface area contributed by atoms with E-state index < -0.39 is 0 Å². The Balaban J connectivity index is 1.76. The van der Waals surface area contributed by atoms with Crippen molar-refractivity contribution in [2.75, 3.05) is 13.1 Å². The number of H-pyrrole nitrogens is 1. The lowest BCUT2D eigenvalue weighted by molar-refractivity contribution is 0.0932.